The minimum atomic E-state index is 0.774. The molecular weight excluding hydrogens is 182 g/mol. The molecule has 0 amide bonds. The average molecular weight is 203 g/mol. The van der Waals surface area contributed by atoms with Crippen molar-refractivity contribution in [3.8, 4) is 0 Å². The predicted octanol–water partition coefficient (Wildman–Crippen LogP) is 1.90. The van der Waals surface area contributed by atoms with E-state index in [0.29, 0.717) is 0 Å². The smallest absolute Gasteiger partial charge is 0.0478 e. The highest BCUT2D eigenvalue weighted by molar-refractivity contribution is 7.99. The van der Waals surface area contributed by atoms with Gasteiger partial charge in [0, 0.05) is 25.0 Å². The van der Waals surface area contributed by atoms with Crippen molar-refractivity contribution in [2.45, 2.75) is 32.2 Å². The fourth-order valence-electron chi connectivity index (χ4n) is 1.42. The molecule has 1 atom stereocenters. The summed E-state index contributed by atoms with van der Waals surface area (Å²) < 4.78 is 5.40. The first-order valence-corrected chi connectivity index (χ1v) is 6.48. The third-order valence-corrected chi connectivity index (χ3v) is 3.34. The van der Waals surface area contributed by atoms with E-state index in [0.717, 1.165) is 38.6 Å². The Kier molecular flexibility index (Phi) is 6.68. The Balaban J connectivity index is 1.78. The standard InChI is InChI=1S/C10H21NOS/c1-2-6-12-7-3-5-11-10-4-8-13-9-10/h10-11H,2-9H2,1H3. The zero-order chi connectivity index (χ0) is 9.36. The molecule has 2 nitrogen and oxygen atoms in total. The van der Waals surface area contributed by atoms with Crippen LogP contribution in [-0.2, 0) is 4.74 Å². The molecule has 0 aromatic rings. The van der Waals surface area contributed by atoms with E-state index >= 15 is 0 Å². The number of hydrogen-bond acceptors (Lipinski definition) is 3. The zero-order valence-electron chi connectivity index (χ0n) is 8.55. The Hall–Kier alpha value is 0.270. The van der Waals surface area contributed by atoms with Gasteiger partial charge in [0.15, 0.2) is 0 Å². The number of rotatable bonds is 7. The van der Waals surface area contributed by atoms with Crippen LogP contribution >= 0.6 is 11.8 Å². The highest BCUT2D eigenvalue weighted by Crippen LogP contribution is 2.16. The first-order valence-electron chi connectivity index (χ1n) is 5.32. The van der Waals surface area contributed by atoms with Crippen LogP contribution in [0.4, 0.5) is 0 Å². The topological polar surface area (TPSA) is 21.3 Å². The van der Waals surface area contributed by atoms with Crippen LogP contribution in [0, 0.1) is 0 Å². The largest absolute Gasteiger partial charge is 0.381 e. The molecule has 0 aromatic heterocycles. The molecule has 78 valence electrons. The number of nitrogens with one attached hydrogen (secondary N) is 1. The fraction of sp³-hybridized carbons (Fsp3) is 1.00. The molecule has 0 spiro atoms. The van der Waals surface area contributed by atoms with Crippen molar-refractivity contribution in [3.63, 3.8) is 0 Å². The van der Waals surface area contributed by atoms with Gasteiger partial charge in [0.2, 0.25) is 0 Å². The Labute approximate surface area is 85.8 Å². The summed E-state index contributed by atoms with van der Waals surface area (Å²) in [4.78, 5) is 0. The predicted molar refractivity (Wildman–Crippen MR) is 59.5 cm³/mol. The number of ether oxygens (including phenoxy) is 1. The van der Waals surface area contributed by atoms with Gasteiger partial charge in [-0.05, 0) is 31.6 Å². The lowest BCUT2D eigenvalue weighted by molar-refractivity contribution is 0.132. The van der Waals surface area contributed by atoms with Crippen molar-refractivity contribution < 1.29 is 4.74 Å². The van der Waals surface area contributed by atoms with E-state index in [1.54, 1.807) is 0 Å². The maximum atomic E-state index is 5.40. The third kappa shape index (κ3) is 5.55. The monoisotopic (exact) mass is 203 g/mol. The summed E-state index contributed by atoms with van der Waals surface area (Å²) in [6.07, 6.45) is 3.63. The van der Waals surface area contributed by atoms with Gasteiger partial charge in [-0.1, -0.05) is 6.92 Å². The summed E-state index contributed by atoms with van der Waals surface area (Å²) in [5.41, 5.74) is 0. The summed E-state index contributed by atoms with van der Waals surface area (Å²) in [6.45, 7) is 5.10. The maximum Gasteiger partial charge on any atom is 0.0478 e. The van der Waals surface area contributed by atoms with E-state index in [9.17, 15) is 0 Å². The van der Waals surface area contributed by atoms with Crippen molar-refractivity contribution in [1.82, 2.24) is 5.32 Å². The Morgan fingerprint density at radius 2 is 2.38 bits per heavy atom. The van der Waals surface area contributed by atoms with Gasteiger partial charge in [-0.2, -0.15) is 11.8 Å². The van der Waals surface area contributed by atoms with Crippen LogP contribution in [0.2, 0.25) is 0 Å². The minimum Gasteiger partial charge on any atom is -0.381 e. The molecule has 1 unspecified atom stereocenters. The molecule has 3 heteroatoms. The van der Waals surface area contributed by atoms with Gasteiger partial charge < -0.3 is 10.1 Å². The van der Waals surface area contributed by atoms with E-state index in [1.165, 1.54) is 17.9 Å². The molecule has 13 heavy (non-hydrogen) atoms. The molecule has 1 N–H and O–H groups in total. The molecule has 0 aromatic carbocycles. The normalized spacial score (nSPS) is 22.4. The lowest BCUT2D eigenvalue weighted by atomic mass is 10.2. The summed E-state index contributed by atoms with van der Waals surface area (Å²) in [7, 11) is 0. The highest BCUT2D eigenvalue weighted by Gasteiger charge is 2.13. The second-order valence-electron chi connectivity index (χ2n) is 3.48. The van der Waals surface area contributed by atoms with E-state index in [1.807, 2.05) is 0 Å². The van der Waals surface area contributed by atoms with Gasteiger partial charge in [-0.3, -0.25) is 0 Å². The van der Waals surface area contributed by atoms with Crippen LogP contribution in [0.15, 0.2) is 0 Å². The second kappa shape index (κ2) is 7.65. The van der Waals surface area contributed by atoms with Crippen LogP contribution in [0.1, 0.15) is 26.2 Å². The Morgan fingerprint density at radius 3 is 3.08 bits per heavy atom. The molecule has 1 rings (SSSR count). The lowest BCUT2D eigenvalue weighted by Crippen LogP contribution is -2.30. The summed E-state index contributed by atoms with van der Waals surface area (Å²) >= 11 is 2.06. The van der Waals surface area contributed by atoms with Crippen molar-refractivity contribution in [2.24, 2.45) is 0 Å². The Morgan fingerprint density at radius 1 is 1.46 bits per heavy atom. The van der Waals surface area contributed by atoms with E-state index in [4.69, 9.17) is 4.74 Å². The van der Waals surface area contributed by atoms with E-state index in [2.05, 4.69) is 24.0 Å². The average Bonchev–Trinajstić information content (AvgIpc) is 2.63. The SMILES string of the molecule is CCCOCCCNC1CCSC1. The summed E-state index contributed by atoms with van der Waals surface area (Å²) in [6, 6.07) is 0.774. The molecular formula is C10H21NOS. The van der Waals surface area contributed by atoms with Crippen molar-refractivity contribution in [1.29, 1.82) is 0 Å². The highest BCUT2D eigenvalue weighted by atomic mass is 32.2. The first kappa shape index (κ1) is 11.3. The summed E-state index contributed by atoms with van der Waals surface area (Å²) in [5.74, 6) is 2.64. The van der Waals surface area contributed by atoms with Gasteiger partial charge in [0.05, 0.1) is 0 Å². The number of hydrogen-bond donors (Lipinski definition) is 1. The second-order valence-corrected chi connectivity index (χ2v) is 4.63. The van der Waals surface area contributed by atoms with Gasteiger partial charge in [0.25, 0.3) is 0 Å². The molecule has 0 saturated carbocycles. The fourth-order valence-corrected chi connectivity index (χ4v) is 2.61. The molecule has 1 saturated heterocycles. The lowest BCUT2D eigenvalue weighted by Gasteiger charge is -2.10. The van der Waals surface area contributed by atoms with E-state index in [-0.39, 0.29) is 0 Å². The van der Waals surface area contributed by atoms with Gasteiger partial charge >= 0.3 is 0 Å². The maximum absolute atomic E-state index is 5.40. The molecule has 1 fully saturated rings. The minimum absolute atomic E-state index is 0.774. The Bertz CT molecular complexity index is 115. The van der Waals surface area contributed by atoms with Crippen LogP contribution in [0.3, 0.4) is 0 Å². The van der Waals surface area contributed by atoms with Crippen molar-refractivity contribution >= 4 is 11.8 Å². The molecule has 1 aliphatic heterocycles. The molecule has 0 aliphatic carbocycles. The summed E-state index contributed by atoms with van der Waals surface area (Å²) in [5, 5.41) is 3.56. The third-order valence-electron chi connectivity index (χ3n) is 2.18. The molecule has 0 bridgehead atoms. The quantitative estimate of drug-likeness (QED) is 0.639. The van der Waals surface area contributed by atoms with Crippen LogP contribution in [0.5, 0.6) is 0 Å². The molecule has 0 radical (unpaired) electrons. The zero-order valence-corrected chi connectivity index (χ0v) is 9.37. The van der Waals surface area contributed by atoms with Crippen LogP contribution in [-0.4, -0.2) is 37.3 Å². The van der Waals surface area contributed by atoms with Crippen molar-refractivity contribution in [3.05, 3.63) is 0 Å². The number of thioether (sulfide) groups is 1. The first-order chi connectivity index (χ1) is 6.43. The molecule has 1 aliphatic rings. The van der Waals surface area contributed by atoms with Gasteiger partial charge in [-0.15, -0.1) is 0 Å². The molecule has 1 heterocycles. The van der Waals surface area contributed by atoms with Gasteiger partial charge in [-0.25, -0.2) is 0 Å². The van der Waals surface area contributed by atoms with Gasteiger partial charge in [0.1, 0.15) is 0 Å². The van der Waals surface area contributed by atoms with E-state index < -0.39 is 0 Å². The van der Waals surface area contributed by atoms with Crippen molar-refractivity contribution in [2.75, 3.05) is 31.3 Å². The van der Waals surface area contributed by atoms with Crippen LogP contribution < -0.4 is 5.32 Å². The van der Waals surface area contributed by atoms with Crippen LogP contribution in [0.25, 0.3) is 0 Å².